The lowest BCUT2D eigenvalue weighted by molar-refractivity contribution is 0.660. The predicted octanol–water partition coefficient (Wildman–Crippen LogP) is 7.40. The molecule has 0 radical (unpaired) electrons. The molecule has 4 aromatic carbocycles. The van der Waals surface area contributed by atoms with Crippen molar-refractivity contribution in [3.05, 3.63) is 108 Å². The van der Waals surface area contributed by atoms with E-state index in [0.29, 0.717) is 0 Å². The van der Waals surface area contributed by atoms with Crippen molar-refractivity contribution in [2.45, 2.75) is 19.3 Å². The van der Waals surface area contributed by atoms with E-state index in [9.17, 15) is 0 Å². The molecule has 4 aromatic rings. The van der Waals surface area contributed by atoms with Crippen molar-refractivity contribution in [2.75, 3.05) is 5.32 Å². The van der Waals surface area contributed by atoms with Crippen LogP contribution in [0.15, 0.2) is 97.1 Å². The highest BCUT2D eigenvalue weighted by atomic mass is 14.9. The van der Waals surface area contributed by atoms with E-state index in [1.165, 1.54) is 33.4 Å². The fourth-order valence-corrected chi connectivity index (χ4v) is 4.32. The molecular formula is C27H23N. The highest BCUT2D eigenvalue weighted by Gasteiger charge is 2.35. The van der Waals surface area contributed by atoms with Crippen LogP contribution < -0.4 is 5.32 Å². The van der Waals surface area contributed by atoms with Crippen molar-refractivity contribution in [2.24, 2.45) is 0 Å². The van der Waals surface area contributed by atoms with E-state index in [4.69, 9.17) is 0 Å². The first kappa shape index (κ1) is 16.8. The molecule has 1 aliphatic rings. The van der Waals surface area contributed by atoms with Gasteiger partial charge in [-0.05, 0) is 63.7 Å². The topological polar surface area (TPSA) is 12.0 Å². The van der Waals surface area contributed by atoms with Gasteiger partial charge in [-0.1, -0.05) is 80.6 Å². The van der Waals surface area contributed by atoms with E-state index >= 15 is 0 Å². The molecule has 0 bridgehead atoms. The molecule has 0 heterocycles. The highest BCUT2D eigenvalue weighted by Crippen LogP contribution is 2.49. The van der Waals surface area contributed by atoms with E-state index < -0.39 is 0 Å². The van der Waals surface area contributed by atoms with Gasteiger partial charge in [0, 0.05) is 16.8 Å². The summed E-state index contributed by atoms with van der Waals surface area (Å²) in [6.45, 7) is 4.66. The molecule has 0 aromatic heterocycles. The van der Waals surface area contributed by atoms with E-state index in [2.05, 4.69) is 98.0 Å². The number of rotatable bonds is 3. The molecule has 1 heteroatoms. The molecule has 1 aliphatic carbocycles. The number of para-hydroxylation sites is 1. The van der Waals surface area contributed by atoms with Crippen LogP contribution in [0, 0.1) is 0 Å². The summed E-state index contributed by atoms with van der Waals surface area (Å²) in [6, 6.07) is 34.6. The van der Waals surface area contributed by atoms with Crippen LogP contribution in [0.4, 0.5) is 11.4 Å². The lowest BCUT2D eigenvalue weighted by Gasteiger charge is -2.22. The SMILES string of the molecule is CC1(C)c2ccccc2-c2ccc(-c3ccc(Nc4ccccc4)cc3)cc21. The van der Waals surface area contributed by atoms with Crippen LogP contribution in [-0.2, 0) is 5.41 Å². The van der Waals surface area contributed by atoms with Crippen molar-refractivity contribution < 1.29 is 0 Å². The van der Waals surface area contributed by atoms with Gasteiger partial charge in [0.05, 0.1) is 0 Å². The van der Waals surface area contributed by atoms with E-state index in [-0.39, 0.29) is 5.41 Å². The summed E-state index contributed by atoms with van der Waals surface area (Å²) in [7, 11) is 0. The van der Waals surface area contributed by atoms with E-state index in [1.807, 2.05) is 18.2 Å². The first-order valence-corrected chi connectivity index (χ1v) is 9.80. The number of anilines is 2. The first-order chi connectivity index (χ1) is 13.6. The molecule has 0 amide bonds. The second kappa shape index (κ2) is 6.38. The smallest absolute Gasteiger partial charge is 0.0384 e. The molecule has 1 nitrogen and oxygen atoms in total. The largest absolute Gasteiger partial charge is 0.356 e. The minimum absolute atomic E-state index is 0.0384. The molecule has 0 atom stereocenters. The molecule has 0 unspecified atom stereocenters. The summed E-state index contributed by atoms with van der Waals surface area (Å²) in [4.78, 5) is 0. The maximum absolute atomic E-state index is 3.45. The van der Waals surface area contributed by atoms with E-state index in [0.717, 1.165) is 11.4 Å². The minimum atomic E-state index is 0.0384. The molecule has 136 valence electrons. The van der Waals surface area contributed by atoms with Crippen LogP contribution in [0.5, 0.6) is 0 Å². The van der Waals surface area contributed by atoms with Crippen molar-refractivity contribution in [3.63, 3.8) is 0 Å². The summed E-state index contributed by atoms with van der Waals surface area (Å²) in [6.07, 6.45) is 0. The number of nitrogens with one attached hydrogen (secondary N) is 1. The van der Waals surface area contributed by atoms with Gasteiger partial charge in [0.25, 0.3) is 0 Å². The maximum Gasteiger partial charge on any atom is 0.0384 e. The molecule has 1 N–H and O–H groups in total. The molecule has 5 rings (SSSR count). The maximum atomic E-state index is 3.45. The van der Waals surface area contributed by atoms with Crippen LogP contribution in [0.2, 0.25) is 0 Å². The Morgan fingerprint density at radius 3 is 1.93 bits per heavy atom. The summed E-state index contributed by atoms with van der Waals surface area (Å²) < 4.78 is 0. The average Bonchev–Trinajstić information content (AvgIpc) is 2.97. The number of fused-ring (bicyclic) bond motifs is 3. The molecule has 0 saturated heterocycles. The van der Waals surface area contributed by atoms with Crippen molar-refractivity contribution >= 4 is 11.4 Å². The summed E-state index contributed by atoms with van der Waals surface area (Å²) in [5.41, 5.74) is 10.3. The van der Waals surface area contributed by atoms with Crippen LogP contribution in [0.1, 0.15) is 25.0 Å². The van der Waals surface area contributed by atoms with Gasteiger partial charge in [-0.15, -0.1) is 0 Å². The van der Waals surface area contributed by atoms with Gasteiger partial charge >= 0.3 is 0 Å². The zero-order chi connectivity index (χ0) is 19.1. The third kappa shape index (κ3) is 2.71. The molecule has 0 aliphatic heterocycles. The van der Waals surface area contributed by atoms with Gasteiger partial charge in [0.1, 0.15) is 0 Å². The zero-order valence-electron chi connectivity index (χ0n) is 16.2. The fraction of sp³-hybridized carbons (Fsp3) is 0.111. The van der Waals surface area contributed by atoms with Gasteiger partial charge in [-0.3, -0.25) is 0 Å². The van der Waals surface area contributed by atoms with Crippen LogP contribution in [0.25, 0.3) is 22.3 Å². The number of hydrogen-bond acceptors (Lipinski definition) is 1. The zero-order valence-corrected chi connectivity index (χ0v) is 16.2. The van der Waals surface area contributed by atoms with Gasteiger partial charge < -0.3 is 5.32 Å². The summed E-state index contributed by atoms with van der Waals surface area (Å²) in [5, 5.41) is 3.45. The second-order valence-corrected chi connectivity index (χ2v) is 8.00. The van der Waals surface area contributed by atoms with E-state index in [1.54, 1.807) is 0 Å². The summed E-state index contributed by atoms with van der Waals surface area (Å²) in [5.74, 6) is 0. The molecule has 28 heavy (non-hydrogen) atoms. The second-order valence-electron chi connectivity index (χ2n) is 8.00. The Kier molecular flexibility index (Phi) is 3.84. The Hall–Kier alpha value is -3.32. The molecule has 0 saturated carbocycles. The lowest BCUT2D eigenvalue weighted by Crippen LogP contribution is -2.14. The predicted molar refractivity (Wildman–Crippen MR) is 119 cm³/mol. The third-order valence-electron chi connectivity index (χ3n) is 5.86. The molecule has 0 spiro atoms. The first-order valence-electron chi connectivity index (χ1n) is 9.80. The quantitative estimate of drug-likeness (QED) is 0.401. The Labute approximate surface area is 166 Å². The fourth-order valence-electron chi connectivity index (χ4n) is 4.32. The third-order valence-corrected chi connectivity index (χ3v) is 5.86. The Bertz CT molecular complexity index is 1140. The Balaban J connectivity index is 1.48. The number of benzene rings is 4. The monoisotopic (exact) mass is 361 g/mol. The highest BCUT2D eigenvalue weighted by molar-refractivity contribution is 5.83. The van der Waals surface area contributed by atoms with Crippen molar-refractivity contribution in [3.8, 4) is 22.3 Å². The van der Waals surface area contributed by atoms with Gasteiger partial charge in [0.2, 0.25) is 0 Å². The van der Waals surface area contributed by atoms with Gasteiger partial charge in [0.15, 0.2) is 0 Å². The molecular weight excluding hydrogens is 338 g/mol. The average molecular weight is 361 g/mol. The number of hydrogen-bond donors (Lipinski definition) is 1. The minimum Gasteiger partial charge on any atom is -0.356 e. The van der Waals surface area contributed by atoms with Gasteiger partial charge in [-0.2, -0.15) is 0 Å². The van der Waals surface area contributed by atoms with Crippen LogP contribution in [-0.4, -0.2) is 0 Å². The van der Waals surface area contributed by atoms with Gasteiger partial charge in [-0.25, -0.2) is 0 Å². The molecule has 0 fully saturated rings. The lowest BCUT2D eigenvalue weighted by atomic mass is 9.81. The van der Waals surface area contributed by atoms with Crippen LogP contribution >= 0.6 is 0 Å². The Morgan fingerprint density at radius 1 is 0.536 bits per heavy atom. The standard InChI is InChI=1S/C27H23N/c1-27(2)25-11-7-6-10-23(25)24-17-14-20(18-26(24)27)19-12-15-22(16-13-19)28-21-8-4-3-5-9-21/h3-18,28H,1-2H3. The van der Waals surface area contributed by atoms with Crippen LogP contribution in [0.3, 0.4) is 0 Å². The van der Waals surface area contributed by atoms with Crippen molar-refractivity contribution in [1.29, 1.82) is 0 Å². The Morgan fingerprint density at radius 2 is 1.14 bits per heavy atom. The van der Waals surface area contributed by atoms with Crippen molar-refractivity contribution in [1.82, 2.24) is 0 Å². The summed E-state index contributed by atoms with van der Waals surface area (Å²) >= 11 is 0. The normalized spacial score (nSPS) is 13.6.